The molecule has 32 heteroatoms. The molecule has 4 heterocycles. The predicted molar refractivity (Wildman–Crippen MR) is 203 cm³/mol. The minimum atomic E-state index is -1.52. The van der Waals surface area contributed by atoms with E-state index in [9.17, 15) is 79.2 Å². The first-order valence-corrected chi connectivity index (χ1v) is 17.0. The summed E-state index contributed by atoms with van der Waals surface area (Å²) in [5, 5.41) is 81.5. The summed E-state index contributed by atoms with van der Waals surface area (Å²) in [6.45, 7) is 4.26. The molecule has 0 saturated carbocycles. The molecule has 68 heavy (non-hydrogen) atoms. The number of hydrogen-bond donors (Lipinski definition) is 4. The van der Waals surface area contributed by atoms with E-state index in [1.165, 1.54) is 49.9 Å². The molecule has 0 saturated heterocycles. The summed E-state index contributed by atoms with van der Waals surface area (Å²) in [5.41, 5.74) is 11.4. The van der Waals surface area contributed by atoms with Crippen LogP contribution in [0.1, 0.15) is 110 Å². The van der Waals surface area contributed by atoms with Crippen LogP contribution in [-0.2, 0) is 34.1 Å². The number of aromatic nitrogens is 4. The molecule has 0 aromatic carbocycles. The number of hydrogen-bond acceptors (Lipinski definition) is 20. The Labute approximate surface area is 405 Å². The Balaban J connectivity index is -0.0000000738. The van der Waals surface area contributed by atoms with Gasteiger partial charge in [0, 0.05) is 25.7 Å². The second kappa shape index (κ2) is 49.4. The van der Waals surface area contributed by atoms with Crippen molar-refractivity contribution in [3.63, 3.8) is 0 Å². The fraction of sp³-hybridized carbons (Fsp3) is 0.222. The first kappa shape index (κ1) is 84.4. The molecule has 0 atom stereocenters. The molecule has 0 aliphatic carbocycles. The number of unbranched alkanes of at least 4 members (excludes halogenated alkanes) is 2. The SMILES string of the molecule is O.O.O.O.O.O.O=C([O-])c1cccc(C(=O)[O-])n1.O=C([O-])c1cccc(C(=O)[O-])n1.O=C([O-])c1cccc(C(=O)[O-])n1.O=C([O-])c1cccc(C(=O)[O-])n1.[Cu+2].[Cu+2].[NH3+]CCCC[NH3+].[NH3+]CCCC[NH3+]. The summed E-state index contributed by atoms with van der Waals surface area (Å²) in [4.78, 5) is 94.5. The Morgan fingerprint density at radius 2 is 0.397 bits per heavy atom. The van der Waals surface area contributed by atoms with Gasteiger partial charge in [0.05, 0.1) is 119 Å². The van der Waals surface area contributed by atoms with Gasteiger partial charge in [0.15, 0.2) is 0 Å². The van der Waals surface area contributed by atoms with E-state index in [2.05, 4.69) is 42.9 Å². The number of nitrogens with zero attached hydrogens (tertiary/aromatic N) is 4. The quantitative estimate of drug-likeness (QED) is 0.0673. The standard InChI is InChI=1S/4C7H5NO4.2C4H12N2.2Cu.6H2O/c4*9-6(10)4-2-1-3-5(8-4)7(11)12;2*5-3-1-2-4-6;;;;;;;;/h4*1-3H,(H,9,10)(H,11,12);2*1-6H2;;;6*1H2/q;;;;;;2*+2;;;;;;/p-4. The molecule has 0 spiro atoms. The average molecular weight is 1080 g/mol. The van der Waals surface area contributed by atoms with Crippen LogP contribution in [0.4, 0.5) is 0 Å². The van der Waals surface area contributed by atoms with Gasteiger partial charge < -0.3 is 135 Å². The number of carboxylic acid groups (broad SMARTS) is 8. The van der Waals surface area contributed by atoms with Crippen LogP contribution >= 0.6 is 0 Å². The molecule has 2 radical (unpaired) electrons. The Morgan fingerprint density at radius 1 is 0.294 bits per heavy atom. The van der Waals surface area contributed by atoms with Gasteiger partial charge in [-0.1, -0.05) is 24.3 Å². The zero-order chi connectivity index (χ0) is 46.2. The van der Waals surface area contributed by atoms with E-state index >= 15 is 0 Å². The first-order valence-electron chi connectivity index (χ1n) is 17.0. The second-order valence-electron chi connectivity index (χ2n) is 10.8. The minimum absolute atomic E-state index is 0. The van der Waals surface area contributed by atoms with Crippen molar-refractivity contribution in [2.45, 2.75) is 25.7 Å². The third-order valence-electron chi connectivity index (χ3n) is 6.17. The summed E-state index contributed by atoms with van der Waals surface area (Å²) in [6.07, 6.45) is 4.96. The van der Waals surface area contributed by atoms with E-state index in [-0.39, 0.29) is 67.0 Å². The zero-order valence-electron chi connectivity index (χ0n) is 35.3. The molecule has 0 unspecified atom stereocenters. The Hall–Kier alpha value is -7.00. The van der Waals surface area contributed by atoms with Crippen LogP contribution in [0.5, 0.6) is 0 Å². The molecule has 30 nitrogen and oxygen atoms in total. The molecule has 4 aromatic heterocycles. The molecule has 0 aliphatic heterocycles. The number of carbonyl (C=O) groups is 8. The van der Waals surface area contributed by atoms with Gasteiger partial charge in [0.2, 0.25) is 0 Å². The van der Waals surface area contributed by atoms with Crippen molar-refractivity contribution < 1.29 is 169 Å². The first-order chi connectivity index (χ1) is 28.3. The monoisotopic (exact) mass is 1070 g/mol. The van der Waals surface area contributed by atoms with Gasteiger partial charge in [-0.25, -0.2) is 19.9 Å². The molecule has 4 rings (SSSR count). The van der Waals surface area contributed by atoms with Gasteiger partial charge in [-0.2, -0.15) is 0 Å². The third-order valence-corrected chi connectivity index (χ3v) is 6.17. The Kier molecular flexibility index (Phi) is 61.4. The number of pyridine rings is 4. The second-order valence-corrected chi connectivity index (χ2v) is 10.8. The number of aromatic carboxylic acids is 8. The summed E-state index contributed by atoms with van der Waals surface area (Å²) < 4.78 is 0. The number of carboxylic acids is 8. The molecule has 390 valence electrons. The fourth-order valence-electron chi connectivity index (χ4n) is 3.36. The van der Waals surface area contributed by atoms with E-state index < -0.39 is 93.3 Å². The van der Waals surface area contributed by atoms with Crippen LogP contribution in [0.25, 0.3) is 0 Å². The Bertz CT molecular complexity index is 1650. The summed E-state index contributed by atoms with van der Waals surface area (Å²) in [5.74, 6) is -12.1. The van der Waals surface area contributed by atoms with Crippen molar-refractivity contribution in [3.05, 3.63) is 118 Å². The third kappa shape index (κ3) is 39.4. The molecule has 0 fully saturated rings. The fourth-order valence-corrected chi connectivity index (χ4v) is 3.36. The molecule has 4 aromatic rings. The predicted octanol–water partition coefficient (Wildman–Crippen LogP) is -17.2. The molecule has 24 N–H and O–H groups in total. The van der Waals surface area contributed by atoms with Gasteiger partial charge in [0.1, 0.15) is 0 Å². The van der Waals surface area contributed by atoms with E-state index in [1.54, 1.807) is 0 Å². The van der Waals surface area contributed by atoms with Crippen LogP contribution in [0.2, 0.25) is 0 Å². The van der Waals surface area contributed by atoms with Gasteiger partial charge in [-0.3, -0.25) is 0 Å². The maximum absolute atomic E-state index is 10.2. The number of carbonyl (C=O) groups excluding carboxylic acids is 8. The van der Waals surface area contributed by atoms with Crippen molar-refractivity contribution >= 4 is 47.8 Å². The summed E-state index contributed by atoms with van der Waals surface area (Å²) in [6, 6.07) is 14.1. The summed E-state index contributed by atoms with van der Waals surface area (Å²) in [7, 11) is 0. The molecule has 0 aliphatic rings. The van der Waals surface area contributed by atoms with Crippen LogP contribution in [0.3, 0.4) is 0 Å². The van der Waals surface area contributed by atoms with Gasteiger partial charge in [-0.05, 0) is 48.5 Å². The van der Waals surface area contributed by atoms with Crippen LogP contribution < -0.4 is 63.8 Å². The average Bonchev–Trinajstić information content (AvgIpc) is 3.23. The normalized spacial score (nSPS) is 8.18. The topological polar surface area (TPSA) is 672 Å². The van der Waals surface area contributed by atoms with Gasteiger partial charge in [0.25, 0.3) is 0 Å². The van der Waals surface area contributed by atoms with E-state index in [4.69, 9.17) is 0 Å². The zero-order valence-corrected chi connectivity index (χ0v) is 37.2. The van der Waals surface area contributed by atoms with Crippen LogP contribution in [-0.4, -0.2) is 127 Å². The van der Waals surface area contributed by atoms with Crippen molar-refractivity contribution in [1.29, 1.82) is 0 Å². The van der Waals surface area contributed by atoms with Crippen LogP contribution in [0.15, 0.2) is 72.8 Å². The molecule has 0 amide bonds. The summed E-state index contributed by atoms with van der Waals surface area (Å²) >= 11 is 0. The maximum atomic E-state index is 10.2. The number of quaternary nitrogens is 4. The largest absolute Gasteiger partial charge is 2.00 e. The minimum Gasteiger partial charge on any atom is -0.543 e. The van der Waals surface area contributed by atoms with Crippen molar-refractivity contribution in [2.24, 2.45) is 0 Å². The molecule has 0 bridgehead atoms. The van der Waals surface area contributed by atoms with E-state index in [0.717, 1.165) is 74.7 Å². The maximum Gasteiger partial charge on any atom is 2.00 e. The number of rotatable bonds is 14. The van der Waals surface area contributed by atoms with Gasteiger partial charge >= 0.3 is 34.1 Å². The van der Waals surface area contributed by atoms with Crippen molar-refractivity contribution in [3.8, 4) is 0 Å². The molecular weight excluding hydrogens is 1020 g/mol. The van der Waals surface area contributed by atoms with Crippen LogP contribution in [0, 0.1) is 0 Å². The van der Waals surface area contributed by atoms with Crippen molar-refractivity contribution in [1.82, 2.24) is 19.9 Å². The van der Waals surface area contributed by atoms with Crippen molar-refractivity contribution in [2.75, 3.05) is 26.2 Å². The Morgan fingerprint density at radius 3 is 0.471 bits per heavy atom. The van der Waals surface area contributed by atoms with E-state index in [0.29, 0.717) is 0 Å². The molecular formula is C36H52Cu2N8O22. The smallest absolute Gasteiger partial charge is 0.543 e. The van der Waals surface area contributed by atoms with E-state index in [1.807, 2.05) is 0 Å². The van der Waals surface area contributed by atoms with Gasteiger partial charge in [-0.15, -0.1) is 0 Å².